The molecule has 0 radical (unpaired) electrons. The van der Waals surface area contributed by atoms with Crippen LogP contribution in [0.25, 0.3) is 0 Å². The monoisotopic (exact) mass is 347 g/mol. The molecule has 1 aromatic rings. The van der Waals surface area contributed by atoms with Crippen molar-refractivity contribution in [1.29, 1.82) is 0 Å². The minimum absolute atomic E-state index is 0. The van der Waals surface area contributed by atoms with E-state index in [2.05, 4.69) is 10.0 Å². The summed E-state index contributed by atoms with van der Waals surface area (Å²) < 4.78 is 25.5. The molecule has 1 aliphatic carbocycles. The summed E-state index contributed by atoms with van der Waals surface area (Å²) in [5.41, 5.74) is 6.15. The molecule has 2 atom stereocenters. The van der Waals surface area contributed by atoms with Crippen molar-refractivity contribution in [2.75, 3.05) is 13.6 Å². The second-order valence-corrected chi connectivity index (χ2v) is 7.13. The summed E-state index contributed by atoms with van der Waals surface area (Å²) >= 11 is 0. The van der Waals surface area contributed by atoms with Crippen LogP contribution in [0.4, 0.5) is 0 Å². The summed E-state index contributed by atoms with van der Waals surface area (Å²) in [6.07, 6.45) is 3.06. The molecule has 4 N–H and O–H groups in total. The summed E-state index contributed by atoms with van der Waals surface area (Å²) in [4.78, 5) is 12.3. The Kier molecular flexibility index (Phi) is 6.80. The van der Waals surface area contributed by atoms with Gasteiger partial charge in [-0.2, -0.15) is 0 Å². The van der Waals surface area contributed by atoms with Crippen LogP contribution in [0.3, 0.4) is 0 Å². The molecule has 1 amide bonds. The first-order chi connectivity index (χ1) is 9.97. The first kappa shape index (κ1) is 18.9. The molecule has 0 saturated heterocycles. The fourth-order valence-corrected chi connectivity index (χ4v) is 3.39. The maximum Gasteiger partial charge on any atom is 0.251 e. The predicted octanol–water partition coefficient (Wildman–Crippen LogP) is 0.874. The smallest absolute Gasteiger partial charge is 0.251 e. The number of hydrogen-bond donors (Lipinski definition) is 3. The van der Waals surface area contributed by atoms with Gasteiger partial charge in [0.15, 0.2) is 0 Å². The highest BCUT2D eigenvalue weighted by atomic mass is 35.5. The van der Waals surface area contributed by atoms with Crippen LogP contribution in [0.5, 0.6) is 0 Å². The van der Waals surface area contributed by atoms with Crippen molar-refractivity contribution < 1.29 is 13.2 Å². The van der Waals surface area contributed by atoms with E-state index >= 15 is 0 Å². The van der Waals surface area contributed by atoms with Gasteiger partial charge in [-0.3, -0.25) is 4.79 Å². The normalized spacial score (nSPS) is 21.2. The first-order valence-corrected chi connectivity index (χ1v) is 8.51. The fraction of sp³-hybridized carbons (Fsp3) is 0.500. The lowest BCUT2D eigenvalue weighted by atomic mass is 10.0. The molecule has 22 heavy (non-hydrogen) atoms. The number of nitrogens with one attached hydrogen (secondary N) is 2. The van der Waals surface area contributed by atoms with Crippen LogP contribution in [0.15, 0.2) is 29.2 Å². The van der Waals surface area contributed by atoms with Crippen molar-refractivity contribution in [2.45, 2.75) is 30.2 Å². The molecule has 0 spiro atoms. The standard InChI is InChI=1S/C14H21N3O3S.ClH/c1-16-21(19,20)12-7-5-10(6-8-12)14(18)17-13-4-2-3-11(13)9-15;/h5-8,11,13,16H,2-4,9,15H2,1H3,(H,17,18);1H. The maximum atomic E-state index is 12.2. The van der Waals surface area contributed by atoms with Gasteiger partial charge in [0.1, 0.15) is 0 Å². The number of carbonyl (C=O) groups is 1. The lowest BCUT2D eigenvalue weighted by Gasteiger charge is -2.19. The molecule has 2 rings (SSSR count). The molecule has 1 aliphatic rings. The van der Waals surface area contributed by atoms with Gasteiger partial charge in [0.05, 0.1) is 4.90 Å². The molecule has 124 valence electrons. The Morgan fingerprint density at radius 1 is 1.27 bits per heavy atom. The van der Waals surface area contributed by atoms with Gasteiger partial charge in [-0.1, -0.05) is 6.42 Å². The van der Waals surface area contributed by atoms with Crippen molar-refractivity contribution in [3.05, 3.63) is 29.8 Å². The van der Waals surface area contributed by atoms with Crippen LogP contribution >= 0.6 is 12.4 Å². The van der Waals surface area contributed by atoms with Crippen LogP contribution in [-0.2, 0) is 10.0 Å². The SMILES string of the molecule is CNS(=O)(=O)c1ccc(C(=O)NC2CCCC2CN)cc1.Cl. The number of carbonyl (C=O) groups excluding carboxylic acids is 1. The molecule has 0 aliphatic heterocycles. The highest BCUT2D eigenvalue weighted by Crippen LogP contribution is 2.24. The Hall–Kier alpha value is -1.15. The topological polar surface area (TPSA) is 101 Å². The zero-order valence-corrected chi connectivity index (χ0v) is 14.0. The van der Waals surface area contributed by atoms with Crippen LogP contribution in [-0.4, -0.2) is 34.0 Å². The van der Waals surface area contributed by atoms with Gasteiger partial charge in [0.25, 0.3) is 5.91 Å². The minimum atomic E-state index is -3.47. The third-order valence-electron chi connectivity index (χ3n) is 3.97. The van der Waals surface area contributed by atoms with E-state index in [0.29, 0.717) is 18.0 Å². The Labute approximate surface area is 137 Å². The summed E-state index contributed by atoms with van der Waals surface area (Å²) in [6, 6.07) is 6.01. The number of amides is 1. The van der Waals surface area contributed by atoms with Crippen molar-refractivity contribution in [3.8, 4) is 0 Å². The lowest BCUT2D eigenvalue weighted by Crippen LogP contribution is -2.39. The summed E-state index contributed by atoms with van der Waals surface area (Å²) in [7, 11) is -2.12. The zero-order chi connectivity index (χ0) is 15.5. The van der Waals surface area contributed by atoms with Gasteiger partial charge in [0, 0.05) is 11.6 Å². The first-order valence-electron chi connectivity index (χ1n) is 7.02. The van der Waals surface area contributed by atoms with Crippen LogP contribution in [0.2, 0.25) is 0 Å². The average molecular weight is 348 g/mol. The van der Waals surface area contributed by atoms with E-state index in [1.165, 1.54) is 31.3 Å². The number of halogens is 1. The zero-order valence-electron chi connectivity index (χ0n) is 12.4. The van der Waals surface area contributed by atoms with Gasteiger partial charge in [-0.15, -0.1) is 12.4 Å². The third kappa shape index (κ3) is 4.19. The van der Waals surface area contributed by atoms with E-state index in [0.717, 1.165) is 19.3 Å². The fourth-order valence-electron chi connectivity index (χ4n) is 2.66. The molecule has 0 bridgehead atoms. The third-order valence-corrected chi connectivity index (χ3v) is 5.40. The molecule has 6 nitrogen and oxygen atoms in total. The quantitative estimate of drug-likeness (QED) is 0.735. The lowest BCUT2D eigenvalue weighted by molar-refractivity contribution is 0.0928. The number of rotatable bonds is 5. The minimum Gasteiger partial charge on any atom is -0.349 e. The molecule has 1 saturated carbocycles. The Morgan fingerprint density at radius 3 is 2.45 bits per heavy atom. The second-order valence-electron chi connectivity index (χ2n) is 5.24. The molecular weight excluding hydrogens is 326 g/mol. The van der Waals surface area contributed by atoms with Crippen molar-refractivity contribution in [1.82, 2.24) is 10.0 Å². The van der Waals surface area contributed by atoms with Crippen LogP contribution in [0, 0.1) is 5.92 Å². The molecular formula is C14H22ClN3O3S. The van der Waals surface area contributed by atoms with Gasteiger partial charge in [-0.25, -0.2) is 13.1 Å². The van der Waals surface area contributed by atoms with Gasteiger partial charge in [0.2, 0.25) is 10.0 Å². The van der Waals surface area contributed by atoms with Gasteiger partial charge >= 0.3 is 0 Å². The van der Waals surface area contributed by atoms with E-state index in [9.17, 15) is 13.2 Å². The molecule has 0 aromatic heterocycles. The molecule has 1 fully saturated rings. The van der Waals surface area contributed by atoms with Gasteiger partial charge < -0.3 is 11.1 Å². The van der Waals surface area contributed by atoms with E-state index in [1.54, 1.807) is 0 Å². The highest BCUT2D eigenvalue weighted by molar-refractivity contribution is 7.89. The number of sulfonamides is 1. The largest absolute Gasteiger partial charge is 0.349 e. The Morgan fingerprint density at radius 2 is 1.91 bits per heavy atom. The number of nitrogens with two attached hydrogens (primary N) is 1. The second kappa shape index (κ2) is 7.92. The molecule has 8 heteroatoms. The van der Waals surface area contributed by atoms with E-state index in [-0.39, 0.29) is 29.3 Å². The highest BCUT2D eigenvalue weighted by Gasteiger charge is 2.27. The van der Waals surface area contributed by atoms with Crippen LogP contribution in [0.1, 0.15) is 29.6 Å². The predicted molar refractivity (Wildman–Crippen MR) is 87.6 cm³/mol. The van der Waals surface area contributed by atoms with Crippen LogP contribution < -0.4 is 15.8 Å². The molecule has 2 unspecified atom stereocenters. The van der Waals surface area contributed by atoms with Crippen molar-refractivity contribution in [3.63, 3.8) is 0 Å². The number of benzene rings is 1. The van der Waals surface area contributed by atoms with Gasteiger partial charge in [-0.05, 0) is 56.6 Å². The van der Waals surface area contributed by atoms with E-state index < -0.39 is 10.0 Å². The van der Waals surface area contributed by atoms with Crippen molar-refractivity contribution in [2.24, 2.45) is 11.7 Å². The number of hydrogen-bond acceptors (Lipinski definition) is 4. The summed E-state index contributed by atoms with van der Waals surface area (Å²) in [5.74, 6) is 0.145. The summed E-state index contributed by atoms with van der Waals surface area (Å²) in [5, 5.41) is 2.98. The van der Waals surface area contributed by atoms with Crippen molar-refractivity contribution >= 4 is 28.3 Å². The molecule has 1 aromatic carbocycles. The Balaban J connectivity index is 0.00000242. The summed E-state index contributed by atoms with van der Waals surface area (Å²) in [6.45, 7) is 0.574. The maximum absolute atomic E-state index is 12.2. The van der Waals surface area contributed by atoms with E-state index in [1.807, 2.05) is 0 Å². The Bertz CT molecular complexity index is 604. The molecule has 0 heterocycles. The van der Waals surface area contributed by atoms with E-state index in [4.69, 9.17) is 5.73 Å². The average Bonchev–Trinajstić information content (AvgIpc) is 2.94.